The number of fused-ring (bicyclic) bond motifs is 2. The molecule has 4 atom stereocenters. The number of ether oxygens (including phenoxy) is 3. The Labute approximate surface area is 316 Å². The van der Waals surface area contributed by atoms with Gasteiger partial charge in [0.05, 0.1) is 24.5 Å². The number of allylic oxidation sites excluding steroid dienone is 1. The molecule has 0 radical (unpaired) electrons. The first-order valence-electron chi connectivity index (χ1n) is 18.2. The summed E-state index contributed by atoms with van der Waals surface area (Å²) in [6.45, 7) is 0.0362. The number of nitrogens with zero attached hydrogens (tertiary/aromatic N) is 2. The smallest absolute Gasteiger partial charge is 0.408 e. The molecule has 12 nitrogen and oxygen atoms in total. The zero-order valence-electron chi connectivity index (χ0n) is 29.7. The summed E-state index contributed by atoms with van der Waals surface area (Å²) >= 11 is 4.75. The number of alkyl halides is 1. The Balaban J connectivity index is 1.33. The minimum Gasteiger partial charge on any atom is -0.488 e. The van der Waals surface area contributed by atoms with Crippen LogP contribution in [0.4, 0.5) is 4.79 Å². The fourth-order valence-electron chi connectivity index (χ4n) is 7.61. The van der Waals surface area contributed by atoms with Crippen LogP contribution in [0, 0.1) is 5.41 Å². The topological polar surface area (TPSA) is 153 Å². The van der Waals surface area contributed by atoms with Gasteiger partial charge in [-0.05, 0) is 76.2 Å². The van der Waals surface area contributed by atoms with Gasteiger partial charge in [-0.2, -0.15) is 0 Å². The molecule has 2 saturated carbocycles. The lowest BCUT2D eigenvalue weighted by atomic mass is 9.94. The molecule has 2 aliphatic carbocycles. The molecule has 0 unspecified atom stereocenters. The summed E-state index contributed by atoms with van der Waals surface area (Å²) in [5.74, 6) is -1.27. The molecule has 6 rings (SSSR count). The number of pyridine rings is 1. The van der Waals surface area contributed by atoms with Crippen molar-refractivity contribution in [2.45, 2.75) is 112 Å². The van der Waals surface area contributed by atoms with Crippen LogP contribution in [0.2, 0.25) is 0 Å². The SMILES string of the molecule is COC(=O)[C@@H]1NC(=O)[C@@H]2C[C@@H](Oc3cc(C(=O)CBr)nc4c(SC)cccc34)CN2C(=O)[C@@H](NC(=O)OC2CCCC2)CCCCC/C=C\C12CC2. The number of nitrogens with one attached hydrogen (secondary N) is 2. The summed E-state index contributed by atoms with van der Waals surface area (Å²) < 4.78 is 17.4. The first kappa shape index (κ1) is 38.1. The van der Waals surface area contributed by atoms with E-state index >= 15 is 0 Å². The quantitative estimate of drug-likeness (QED) is 0.109. The van der Waals surface area contributed by atoms with Crippen LogP contribution in [-0.4, -0.2) is 95.1 Å². The molecule has 3 amide bonds. The third-order valence-electron chi connectivity index (χ3n) is 10.6. The molecule has 3 heterocycles. The van der Waals surface area contributed by atoms with Crippen molar-refractivity contribution < 1.29 is 38.2 Å². The predicted molar refractivity (Wildman–Crippen MR) is 200 cm³/mol. The van der Waals surface area contributed by atoms with Crippen molar-refractivity contribution in [3.63, 3.8) is 0 Å². The Bertz CT molecular complexity index is 1710. The third-order valence-corrected chi connectivity index (χ3v) is 11.9. The maximum atomic E-state index is 14.5. The lowest BCUT2D eigenvalue weighted by Gasteiger charge is -2.30. The van der Waals surface area contributed by atoms with Gasteiger partial charge >= 0.3 is 12.1 Å². The zero-order chi connectivity index (χ0) is 36.8. The number of benzene rings is 1. The molecule has 3 fully saturated rings. The van der Waals surface area contributed by atoms with E-state index in [1.807, 2.05) is 30.5 Å². The number of alkyl carbamates (subject to hydrolysis) is 1. The van der Waals surface area contributed by atoms with E-state index in [9.17, 15) is 24.0 Å². The number of aromatic nitrogens is 1. The van der Waals surface area contributed by atoms with Crippen LogP contribution in [0.5, 0.6) is 5.75 Å². The molecule has 2 aromatic rings. The Hall–Kier alpha value is -3.65. The third kappa shape index (κ3) is 8.59. The molecular formula is C38H47BrN4O8S. The predicted octanol–water partition coefficient (Wildman–Crippen LogP) is 5.88. The van der Waals surface area contributed by atoms with Crippen LogP contribution in [0.25, 0.3) is 10.9 Å². The van der Waals surface area contributed by atoms with Crippen molar-refractivity contribution in [2.75, 3.05) is 25.2 Å². The van der Waals surface area contributed by atoms with Crippen molar-refractivity contribution >= 4 is 68.3 Å². The van der Waals surface area contributed by atoms with Crippen molar-refractivity contribution in [3.05, 3.63) is 42.1 Å². The molecule has 0 bridgehead atoms. The summed E-state index contributed by atoms with van der Waals surface area (Å²) in [4.78, 5) is 74.9. The average molecular weight is 800 g/mol. The molecule has 1 saturated heterocycles. The lowest BCUT2D eigenvalue weighted by molar-refractivity contribution is -0.148. The second-order valence-electron chi connectivity index (χ2n) is 14.1. The van der Waals surface area contributed by atoms with Crippen LogP contribution in [0.3, 0.4) is 0 Å². The van der Waals surface area contributed by atoms with Crippen molar-refractivity contribution in [1.29, 1.82) is 0 Å². The van der Waals surface area contributed by atoms with Crippen molar-refractivity contribution in [3.8, 4) is 5.75 Å². The van der Waals surface area contributed by atoms with Crippen LogP contribution in [-0.2, 0) is 23.9 Å². The number of rotatable bonds is 8. The van der Waals surface area contributed by atoms with Crippen molar-refractivity contribution in [1.82, 2.24) is 20.5 Å². The molecule has 280 valence electrons. The van der Waals surface area contributed by atoms with Gasteiger partial charge in [-0.25, -0.2) is 14.6 Å². The van der Waals surface area contributed by atoms with E-state index in [0.29, 0.717) is 29.5 Å². The largest absolute Gasteiger partial charge is 0.488 e. The molecule has 2 aliphatic heterocycles. The number of methoxy groups -OCH3 is 1. The van der Waals surface area contributed by atoms with E-state index in [4.69, 9.17) is 14.2 Å². The maximum Gasteiger partial charge on any atom is 0.408 e. The van der Waals surface area contributed by atoms with Crippen molar-refractivity contribution in [2.24, 2.45) is 5.41 Å². The van der Waals surface area contributed by atoms with Crippen LogP contribution >= 0.6 is 27.7 Å². The molecule has 2 N–H and O–H groups in total. The fourth-order valence-corrected chi connectivity index (χ4v) is 8.46. The summed E-state index contributed by atoms with van der Waals surface area (Å²) in [5, 5.41) is 6.57. The number of Topliss-reactive ketones (excluding diaryl/α,β-unsaturated/α-hetero) is 1. The minimum atomic E-state index is -1.01. The van der Waals surface area contributed by atoms with Crippen LogP contribution in [0.15, 0.2) is 41.3 Å². The molecule has 4 aliphatic rings. The number of halogens is 1. The van der Waals surface area contributed by atoms with Gasteiger partial charge in [0.25, 0.3) is 0 Å². The van der Waals surface area contributed by atoms with Gasteiger partial charge in [-0.3, -0.25) is 14.4 Å². The van der Waals surface area contributed by atoms with E-state index in [2.05, 4.69) is 37.6 Å². The summed E-state index contributed by atoms with van der Waals surface area (Å²) in [6.07, 6.45) is 13.2. The number of amides is 3. The standard InChI is InChI=1S/C38H47BrN4O8S/c1-49-36(47)33-38(17-18-38)16-9-5-3-4-6-14-26(41-37(48)51-23-11-7-8-12-23)35(46)43-22-24(19-28(43)34(45)42-33)50-30-20-27(29(44)21-39)40-32-25(30)13-10-15-31(32)52-2/h9-10,13,15-16,20,23-24,26,28,33H,3-8,11-12,14,17-19,21-22H2,1-2H3,(H,41,48)(H,42,45)/b16-9-/t24-,26+,28+,33+/m1/s1. The minimum absolute atomic E-state index is 0.0362. The molecule has 1 aromatic heterocycles. The summed E-state index contributed by atoms with van der Waals surface area (Å²) in [7, 11) is 1.30. The summed E-state index contributed by atoms with van der Waals surface area (Å²) in [5.41, 5.74) is 0.299. The van der Waals surface area contributed by atoms with Gasteiger partial charge in [0.15, 0.2) is 5.78 Å². The number of carbonyl (C=O) groups is 5. The van der Waals surface area contributed by atoms with Gasteiger partial charge in [-0.15, -0.1) is 11.8 Å². The maximum absolute atomic E-state index is 14.5. The number of para-hydroxylation sites is 1. The average Bonchev–Trinajstić information content (AvgIpc) is 3.52. The Morgan fingerprint density at radius 2 is 1.85 bits per heavy atom. The van der Waals surface area contributed by atoms with Gasteiger partial charge in [0, 0.05) is 28.2 Å². The highest BCUT2D eigenvalue weighted by molar-refractivity contribution is 9.09. The lowest BCUT2D eigenvalue weighted by Crippen LogP contribution is -2.56. The van der Waals surface area contributed by atoms with E-state index in [1.165, 1.54) is 23.8 Å². The van der Waals surface area contributed by atoms with Gasteiger partial charge in [0.2, 0.25) is 11.8 Å². The van der Waals surface area contributed by atoms with E-state index in [-0.39, 0.29) is 35.9 Å². The normalized spacial score (nSPS) is 25.8. The number of carbonyl (C=O) groups excluding carboxylic acids is 5. The fraction of sp³-hybridized carbons (Fsp3) is 0.579. The summed E-state index contributed by atoms with van der Waals surface area (Å²) in [6, 6.07) is 4.42. The molecule has 14 heteroatoms. The highest BCUT2D eigenvalue weighted by atomic mass is 79.9. The Kier molecular flexibility index (Phi) is 12.5. The second-order valence-corrected chi connectivity index (χ2v) is 15.6. The van der Waals surface area contributed by atoms with Crippen LogP contribution in [0.1, 0.15) is 87.5 Å². The molecular weight excluding hydrogens is 752 g/mol. The number of hydrogen-bond donors (Lipinski definition) is 2. The first-order chi connectivity index (χ1) is 25.2. The monoisotopic (exact) mass is 798 g/mol. The molecule has 52 heavy (non-hydrogen) atoms. The number of esters is 1. The highest BCUT2D eigenvalue weighted by Gasteiger charge is 2.53. The van der Waals surface area contributed by atoms with E-state index in [0.717, 1.165) is 62.7 Å². The second kappa shape index (κ2) is 17.0. The zero-order valence-corrected chi connectivity index (χ0v) is 32.1. The van der Waals surface area contributed by atoms with Gasteiger partial charge < -0.3 is 29.7 Å². The van der Waals surface area contributed by atoms with Gasteiger partial charge in [0.1, 0.15) is 41.8 Å². The van der Waals surface area contributed by atoms with Gasteiger partial charge in [-0.1, -0.05) is 47.0 Å². The van der Waals surface area contributed by atoms with Crippen LogP contribution < -0.4 is 15.4 Å². The molecule has 1 spiro atoms. The number of hydrogen-bond acceptors (Lipinski definition) is 10. The first-order valence-corrected chi connectivity index (χ1v) is 20.6. The highest BCUT2D eigenvalue weighted by Crippen LogP contribution is 2.51. The number of ketones is 1. The Morgan fingerprint density at radius 1 is 1.08 bits per heavy atom. The van der Waals surface area contributed by atoms with E-state index < -0.39 is 53.5 Å². The molecule has 1 aromatic carbocycles. The number of thioether (sulfide) groups is 1. The Morgan fingerprint density at radius 3 is 2.56 bits per heavy atom. The van der Waals surface area contributed by atoms with E-state index in [1.54, 1.807) is 6.07 Å².